The molecule has 0 aliphatic heterocycles. The van der Waals surface area contributed by atoms with Crippen LogP contribution in [0.25, 0.3) is 17.2 Å². The third kappa shape index (κ3) is 4.60. The molecule has 0 aliphatic carbocycles. The lowest BCUT2D eigenvalue weighted by molar-refractivity contribution is -0.111. The van der Waals surface area contributed by atoms with Crippen molar-refractivity contribution in [3.05, 3.63) is 60.0 Å². The zero-order chi connectivity index (χ0) is 19.4. The van der Waals surface area contributed by atoms with Gasteiger partial charge in [-0.15, -0.1) is 0 Å². The number of nitrogens with one attached hydrogen (secondary N) is 2. The van der Waals surface area contributed by atoms with Crippen molar-refractivity contribution in [2.45, 2.75) is 18.7 Å². The van der Waals surface area contributed by atoms with Crippen molar-refractivity contribution in [1.82, 2.24) is 9.71 Å². The van der Waals surface area contributed by atoms with Crippen LogP contribution in [0, 0.1) is 6.92 Å². The fourth-order valence-corrected chi connectivity index (χ4v) is 3.55. The van der Waals surface area contributed by atoms with Crippen LogP contribution in [-0.2, 0) is 14.8 Å². The Morgan fingerprint density at radius 3 is 2.63 bits per heavy atom. The van der Waals surface area contributed by atoms with Gasteiger partial charge in [0.1, 0.15) is 5.52 Å². The molecule has 0 fully saturated rings. The van der Waals surface area contributed by atoms with Gasteiger partial charge in [0.05, 0.1) is 4.90 Å². The second-order valence-electron chi connectivity index (χ2n) is 5.81. The second kappa shape index (κ2) is 7.73. The van der Waals surface area contributed by atoms with E-state index in [2.05, 4.69) is 15.0 Å². The topological polar surface area (TPSA) is 101 Å². The highest BCUT2D eigenvalue weighted by Crippen LogP contribution is 2.19. The van der Waals surface area contributed by atoms with Gasteiger partial charge in [0.15, 0.2) is 11.5 Å². The maximum absolute atomic E-state index is 12.1. The minimum atomic E-state index is -3.48. The van der Waals surface area contributed by atoms with Gasteiger partial charge in [-0.2, -0.15) is 0 Å². The Morgan fingerprint density at radius 2 is 1.93 bits per heavy atom. The molecule has 140 valence electrons. The molecule has 8 heteroatoms. The average Bonchev–Trinajstić information content (AvgIpc) is 2.99. The SMILES string of the molecule is CCNS(=O)(=O)c1ccc(C=CC(=O)Nc2ccc3oc(C)nc3c2)cc1. The summed E-state index contributed by atoms with van der Waals surface area (Å²) in [5, 5.41) is 2.75. The highest BCUT2D eigenvalue weighted by molar-refractivity contribution is 7.89. The number of amides is 1. The molecule has 1 aromatic heterocycles. The molecule has 0 saturated heterocycles. The standard InChI is InChI=1S/C19H19N3O4S/c1-3-20-27(24,25)16-8-4-14(5-9-16)6-11-19(23)22-15-7-10-18-17(12-15)21-13(2)26-18/h4-12,20H,3H2,1-2H3,(H,22,23). The van der Waals surface area contributed by atoms with E-state index < -0.39 is 10.0 Å². The number of hydrogen-bond donors (Lipinski definition) is 2. The van der Waals surface area contributed by atoms with E-state index in [0.29, 0.717) is 34.8 Å². The third-order valence-corrected chi connectivity index (χ3v) is 5.28. The van der Waals surface area contributed by atoms with Gasteiger partial charge in [-0.05, 0) is 42.0 Å². The largest absolute Gasteiger partial charge is 0.441 e. The first kappa shape index (κ1) is 18.8. The van der Waals surface area contributed by atoms with E-state index in [0.717, 1.165) is 0 Å². The molecule has 27 heavy (non-hydrogen) atoms. The van der Waals surface area contributed by atoms with E-state index in [4.69, 9.17) is 4.42 Å². The number of carbonyl (C=O) groups excluding carboxylic acids is 1. The summed E-state index contributed by atoms with van der Waals surface area (Å²) in [7, 11) is -3.48. The number of aromatic nitrogens is 1. The number of nitrogens with zero attached hydrogens (tertiary/aromatic N) is 1. The number of benzene rings is 2. The Bertz CT molecular complexity index is 1100. The monoisotopic (exact) mass is 385 g/mol. The van der Waals surface area contributed by atoms with E-state index in [-0.39, 0.29) is 10.8 Å². The van der Waals surface area contributed by atoms with Crippen molar-refractivity contribution in [3.8, 4) is 0 Å². The first-order chi connectivity index (χ1) is 12.9. The lowest BCUT2D eigenvalue weighted by atomic mass is 10.2. The van der Waals surface area contributed by atoms with Crippen LogP contribution in [0.2, 0.25) is 0 Å². The predicted molar refractivity (Wildman–Crippen MR) is 104 cm³/mol. The number of sulfonamides is 1. The molecule has 0 radical (unpaired) electrons. The molecule has 2 aromatic carbocycles. The minimum Gasteiger partial charge on any atom is -0.441 e. The highest BCUT2D eigenvalue weighted by Gasteiger charge is 2.11. The maximum atomic E-state index is 12.1. The minimum absolute atomic E-state index is 0.183. The second-order valence-corrected chi connectivity index (χ2v) is 7.58. The summed E-state index contributed by atoms with van der Waals surface area (Å²) in [5.41, 5.74) is 2.65. The van der Waals surface area contributed by atoms with Crippen LogP contribution in [0.15, 0.2) is 57.9 Å². The normalized spacial score (nSPS) is 11.9. The number of rotatable bonds is 6. The fourth-order valence-electron chi connectivity index (χ4n) is 2.51. The first-order valence-corrected chi connectivity index (χ1v) is 9.82. The van der Waals surface area contributed by atoms with Crippen molar-refractivity contribution in [1.29, 1.82) is 0 Å². The number of carbonyl (C=O) groups is 1. The number of oxazole rings is 1. The molecular weight excluding hydrogens is 366 g/mol. The van der Waals surface area contributed by atoms with Crippen molar-refractivity contribution in [3.63, 3.8) is 0 Å². The molecule has 7 nitrogen and oxygen atoms in total. The number of anilines is 1. The van der Waals surface area contributed by atoms with Gasteiger partial charge in [-0.1, -0.05) is 19.1 Å². The van der Waals surface area contributed by atoms with Crippen LogP contribution < -0.4 is 10.0 Å². The molecule has 2 N–H and O–H groups in total. The summed E-state index contributed by atoms with van der Waals surface area (Å²) in [6, 6.07) is 11.5. The molecule has 0 bridgehead atoms. The van der Waals surface area contributed by atoms with Gasteiger partial charge in [0, 0.05) is 25.2 Å². The quantitative estimate of drug-likeness (QED) is 0.635. The molecule has 0 aliphatic rings. The Balaban J connectivity index is 1.66. The molecule has 0 spiro atoms. The summed E-state index contributed by atoms with van der Waals surface area (Å²) < 4.78 is 31.6. The van der Waals surface area contributed by atoms with Gasteiger partial charge in [0.25, 0.3) is 0 Å². The Hall–Kier alpha value is -2.97. The van der Waals surface area contributed by atoms with Crippen molar-refractivity contribution in [2.75, 3.05) is 11.9 Å². The zero-order valence-corrected chi connectivity index (χ0v) is 15.7. The van der Waals surface area contributed by atoms with E-state index in [1.165, 1.54) is 18.2 Å². The van der Waals surface area contributed by atoms with E-state index in [9.17, 15) is 13.2 Å². The lowest BCUT2D eigenvalue weighted by Gasteiger charge is -2.04. The number of aryl methyl sites for hydroxylation is 1. The van der Waals surface area contributed by atoms with Crippen LogP contribution in [-0.4, -0.2) is 25.9 Å². The molecule has 3 aromatic rings. The van der Waals surface area contributed by atoms with Gasteiger partial charge in [-0.3, -0.25) is 4.79 Å². The lowest BCUT2D eigenvalue weighted by Crippen LogP contribution is -2.22. The predicted octanol–water partition coefficient (Wildman–Crippen LogP) is 3.09. The molecule has 0 saturated carbocycles. The van der Waals surface area contributed by atoms with Crippen LogP contribution in [0.5, 0.6) is 0 Å². The van der Waals surface area contributed by atoms with Crippen molar-refractivity contribution >= 4 is 38.8 Å². The Morgan fingerprint density at radius 1 is 1.19 bits per heavy atom. The number of fused-ring (bicyclic) bond motifs is 1. The maximum Gasteiger partial charge on any atom is 0.248 e. The zero-order valence-electron chi connectivity index (χ0n) is 14.9. The smallest absolute Gasteiger partial charge is 0.248 e. The van der Waals surface area contributed by atoms with E-state index in [1.807, 2.05) is 0 Å². The van der Waals surface area contributed by atoms with Crippen LogP contribution in [0.3, 0.4) is 0 Å². The van der Waals surface area contributed by atoms with Gasteiger partial charge in [-0.25, -0.2) is 18.1 Å². The summed E-state index contributed by atoms with van der Waals surface area (Å²) in [6.07, 6.45) is 2.99. The Kier molecular flexibility index (Phi) is 5.38. The molecule has 1 heterocycles. The van der Waals surface area contributed by atoms with Gasteiger partial charge < -0.3 is 9.73 Å². The third-order valence-electron chi connectivity index (χ3n) is 3.71. The van der Waals surface area contributed by atoms with Gasteiger partial charge >= 0.3 is 0 Å². The van der Waals surface area contributed by atoms with Crippen molar-refractivity contribution in [2.24, 2.45) is 0 Å². The van der Waals surface area contributed by atoms with Crippen LogP contribution in [0.1, 0.15) is 18.4 Å². The molecule has 0 atom stereocenters. The summed E-state index contributed by atoms with van der Waals surface area (Å²) in [6.45, 7) is 3.80. The number of hydrogen-bond acceptors (Lipinski definition) is 5. The molecule has 3 rings (SSSR count). The first-order valence-electron chi connectivity index (χ1n) is 8.33. The molecule has 1 amide bonds. The Labute approximate surface area is 157 Å². The molecule has 0 unspecified atom stereocenters. The molecular formula is C19H19N3O4S. The summed E-state index contributed by atoms with van der Waals surface area (Å²) in [5.74, 6) is 0.256. The van der Waals surface area contributed by atoms with Crippen molar-refractivity contribution < 1.29 is 17.6 Å². The van der Waals surface area contributed by atoms with Crippen LogP contribution in [0.4, 0.5) is 5.69 Å². The van der Waals surface area contributed by atoms with Crippen LogP contribution >= 0.6 is 0 Å². The summed E-state index contributed by atoms with van der Waals surface area (Å²) >= 11 is 0. The van der Waals surface area contributed by atoms with E-state index >= 15 is 0 Å². The van der Waals surface area contributed by atoms with Gasteiger partial charge in [0.2, 0.25) is 15.9 Å². The summed E-state index contributed by atoms with van der Waals surface area (Å²) in [4.78, 5) is 16.5. The van der Waals surface area contributed by atoms with E-state index in [1.54, 1.807) is 50.3 Å². The average molecular weight is 385 g/mol. The fraction of sp³-hybridized carbons (Fsp3) is 0.158. The highest BCUT2D eigenvalue weighted by atomic mass is 32.2.